The summed E-state index contributed by atoms with van der Waals surface area (Å²) in [5.74, 6) is 0. The normalized spacial score (nSPS) is 17.8. The van der Waals surface area contributed by atoms with Crippen LogP contribution in [-0.4, -0.2) is 17.6 Å². The standard InChI is InChI=1S/C22H26N2S/c1-16-8-9-20-18(15-24-21(20)13-16)5-2-3-6-19-14-17(10-11-23-19)22-7-4-12-25-22/h4,7-10,12-13,15,19,23-24H,2-3,5-6,11,14H2,1H3. The predicted molar refractivity (Wildman–Crippen MR) is 109 cm³/mol. The number of unbranched alkanes of at least 4 members (excludes halogenated alkanes) is 1. The molecule has 2 N–H and O–H groups in total. The summed E-state index contributed by atoms with van der Waals surface area (Å²) in [6, 6.07) is 11.7. The minimum Gasteiger partial charge on any atom is -0.361 e. The average molecular weight is 351 g/mol. The summed E-state index contributed by atoms with van der Waals surface area (Å²) in [5.41, 5.74) is 5.59. The largest absolute Gasteiger partial charge is 0.361 e. The van der Waals surface area contributed by atoms with Crippen LogP contribution >= 0.6 is 11.3 Å². The van der Waals surface area contributed by atoms with Crippen molar-refractivity contribution in [2.45, 2.75) is 45.1 Å². The van der Waals surface area contributed by atoms with Crippen LogP contribution in [0.2, 0.25) is 0 Å². The predicted octanol–water partition coefficient (Wildman–Crippen LogP) is 5.70. The summed E-state index contributed by atoms with van der Waals surface area (Å²) in [5, 5.41) is 7.23. The molecule has 4 rings (SSSR count). The number of nitrogens with one attached hydrogen (secondary N) is 2. The Morgan fingerprint density at radius 1 is 1.20 bits per heavy atom. The molecule has 1 atom stereocenters. The van der Waals surface area contributed by atoms with Gasteiger partial charge in [0, 0.05) is 34.6 Å². The third kappa shape index (κ3) is 3.88. The highest BCUT2D eigenvalue weighted by atomic mass is 32.1. The molecule has 0 saturated carbocycles. The van der Waals surface area contributed by atoms with Crippen LogP contribution in [0.3, 0.4) is 0 Å². The molecular formula is C22H26N2S. The average Bonchev–Trinajstić information content (AvgIpc) is 3.29. The van der Waals surface area contributed by atoms with Gasteiger partial charge in [0.1, 0.15) is 0 Å². The first-order valence-corrected chi connectivity index (χ1v) is 10.2. The fourth-order valence-electron chi connectivity index (χ4n) is 3.85. The monoisotopic (exact) mass is 350 g/mol. The third-order valence-corrected chi connectivity index (χ3v) is 6.18. The summed E-state index contributed by atoms with van der Waals surface area (Å²) < 4.78 is 0. The lowest BCUT2D eigenvalue weighted by atomic mass is 9.95. The van der Waals surface area contributed by atoms with Crippen molar-refractivity contribution in [3.8, 4) is 0 Å². The Kier molecular flexibility index (Phi) is 5.04. The first kappa shape index (κ1) is 16.6. The van der Waals surface area contributed by atoms with Crippen molar-refractivity contribution in [3.05, 3.63) is 64.0 Å². The molecule has 0 amide bonds. The second-order valence-electron chi connectivity index (χ2n) is 7.12. The second kappa shape index (κ2) is 7.59. The van der Waals surface area contributed by atoms with Crippen LogP contribution in [0.15, 0.2) is 48.0 Å². The fraction of sp³-hybridized carbons (Fsp3) is 0.364. The van der Waals surface area contributed by atoms with Crippen LogP contribution in [0.25, 0.3) is 16.5 Å². The van der Waals surface area contributed by atoms with Crippen molar-refractivity contribution in [2.24, 2.45) is 0 Å². The molecule has 3 aromatic rings. The van der Waals surface area contributed by atoms with Gasteiger partial charge in [-0.15, -0.1) is 11.3 Å². The Morgan fingerprint density at radius 2 is 2.16 bits per heavy atom. The molecule has 2 aromatic heterocycles. The number of thiophene rings is 1. The van der Waals surface area contributed by atoms with Crippen LogP contribution in [-0.2, 0) is 6.42 Å². The molecule has 0 saturated heterocycles. The van der Waals surface area contributed by atoms with Gasteiger partial charge in [0.25, 0.3) is 0 Å². The SMILES string of the molecule is Cc1ccc2c(CCCCC3CC(c4cccs4)=CCN3)c[nH]c2c1. The van der Waals surface area contributed by atoms with Gasteiger partial charge >= 0.3 is 0 Å². The van der Waals surface area contributed by atoms with Crippen molar-refractivity contribution in [3.63, 3.8) is 0 Å². The van der Waals surface area contributed by atoms with Gasteiger partial charge in [-0.3, -0.25) is 0 Å². The molecule has 1 aromatic carbocycles. The first-order chi connectivity index (χ1) is 12.3. The van der Waals surface area contributed by atoms with Crippen molar-refractivity contribution >= 4 is 27.8 Å². The molecule has 0 radical (unpaired) electrons. The molecule has 0 spiro atoms. The maximum absolute atomic E-state index is 3.66. The van der Waals surface area contributed by atoms with E-state index in [1.807, 2.05) is 11.3 Å². The number of H-pyrrole nitrogens is 1. The zero-order valence-electron chi connectivity index (χ0n) is 14.8. The van der Waals surface area contributed by atoms with Gasteiger partial charge in [0.05, 0.1) is 0 Å². The van der Waals surface area contributed by atoms with E-state index in [1.165, 1.54) is 64.6 Å². The Bertz CT molecular complexity index is 857. The topological polar surface area (TPSA) is 27.8 Å². The molecular weight excluding hydrogens is 324 g/mol. The molecule has 1 aliphatic rings. The van der Waals surface area contributed by atoms with Crippen LogP contribution in [0, 0.1) is 6.92 Å². The first-order valence-electron chi connectivity index (χ1n) is 9.32. The Hall–Kier alpha value is -1.84. The van der Waals surface area contributed by atoms with Crippen LogP contribution < -0.4 is 5.32 Å². The molecule has 0 aliphatic carbocycles. The van der Waals surface area contributed by atoms with Gasteiger partial charge in [-0.25, -0.2) is 0 Å². The lowest BCUT2D eigenvalue weighted by molar-refractivity contribution is 0.477. The van der Waals surface area contributed by atoms with Gasteiger partial charge in [-0.1, -0.05) is 30.7 Å². The van der Waals surface area contributed by atoms with Gasteiger partial charge in [-0.05, 0) is 66.8 Å². The number of aromatic nitrogens is 1. The molecule has 0 bridgehead atoms. The number of hydrogen-bond donors (Lipinski definition) is 2. The fourth-order valence-corrected chi connectivity index (χ4v) is 4.63. The van der Waals surface area contributed by atoms with E-state index in [0.717, 1.165) is 6.54 Å². The van der Waals surface area contributed by atoms with E-state index in [-0.39, 0.29) is 0 Å². The molecule has 1 aliphatic heterocycles. The van der Waals surface area contributed by atoms with Crippen LogP contribution in [0.5, 0.6) is 0 Å². The van der Waals surface area contributed by atoms with E-state index >= 15 is 0 Å². The second-order valence-corrected chi connectivity index (χ2v) is 8.07. The van der Waals surface area contributed by atoms with Crippen LogP contribution in [0.4, 0.5) is 0 Å². The molecule has 3 heterocycles. The minimum atomic E-state index is 0.632. The lowest BCUT2D eigenvalue weighted by Crippen LogP contribution is -2.32. The van der Waals surface area contributed by atoms with Gasteiger partial charge in [-0.2, -0.15) is 0 Å². The zero-order valence-corrected chi connectivity index (χ0v) is 15.7. The number of aryl methyl sites for hydroxylation is 2. The molecule has 1 unspecified atom stereocenters. The zero-order chi connectivity index (χ0) is 17.1. The smallest absolute Gasteiger partial charge is 0.0459 e. The highest BCUT2D eigenvalue weighted by Gasteiger charge is 2.16. The van der Waals surface area contributed by atoms with E-state index in [0.29, 0.717) is 6.04 Å². The Morgan fingerprint density at radius 3 is 3.04 bits per heavy atom. The van der Waals surface area contributed by atoms with Crippen LogP contribution in [0.1, 0.15) is 41.7 Å². The number of aromatic amines is 1. The van der Waals surface area contributed by atoms with Gasteiger partial charge in [0.2, 0.25) is 0 Å². The summed E-state index contributed by atoms with van der Waals surface area (Å²) in [6.45, 7) is 3.16. The maximum atomic E-state index is 3.66. The molecule has 3 heteroatoms. The lowest BCUT2D eigenvalue weighted by Gasteiger charge is -2.24. The summed E-state index contributed by atoms with van der Waals surface area (Å²) >= 11 is 1.86. The summed E-state index contributed by atoms with van der Waals surface area (Å²) in [4.78, 5) is 4.87. The van der Waals surface area contributed by atoms with E-state index < -0.39 is 0 Å². The molecule has 0 fully saturated rings. The Balaban J connectivity index is 1.27. The third-order valence-electron chi connectivity index (χ3n) is 5.23. The highest BCUT2D eigenvalue weighted by molar-refractivity contribution is 7.11. The molecule has 130 valence electrons. The molecule has 25 heavy (non-hydrogen) atoms. The highest BCUT2D eigenvalue weighted by Crippen LogP contribution is 2.28. The van der Waals surface area contributed by atoms with E-state index in [1.54, 1.807) is 0 Å². The Labute approximate surface area is 154 Å². The molecule has 2 nitrogen and oxygen atoms in total. The van der Waals surface area contributed by atoms with Gasteiger partial charge < -0.3 is 10.3 Å². The number of benzene rings is 1. The van der Waals surface area contributed by atoms with Gasteiger partial charge in [0.15, 0.2) is 0 Å². The number of fused-ring (bicyclic) bond motifs is 1. The van der Waals surface area contributed by atoms with E-state index in [2.05, 4.69) is 65.2 Å². The van der Waals surface area contributed by atoms with E-state index in [4.69, 9.17) is 0 Å². The summed E-state index contributed by atoms with van der Waals surface area (Å²) in [7, 11) is 0. The maximum Gasteiger partial charge on any atom is 0.0459 e. The minimum absolute atomic E-state index is 0.632. The van der Waals surface area contributed by atoms with Crippen molar-refractivity contribution in [2.75, 3.05) is 6.54 Å². The number of rotatable bonds is 6. The quantitative estimate of drug-likeness (QED) is 0.549. The number of hydrogen-bond acceptors (Lipinski definition) is 2. The van der Waals surface area contributed by atoms with Crippen molar-refractivity contribution in [1.29, 1.82) is 0 Å². The van der Waals surface area contributed by atoms with E-state index in [9.17, 15) is 0 Å². The van der Waals surface area contributed by atoms with Crippen molar-refractivity contribution in [1.82, 2.24) is 10.3 Å². The van der Waals surface area contributed by atoms with Crippen molar-refractivity contribution < 1.29 is 0 Å². The summed E-state index contributed by atoms with van der Waals surface area (Å²) in [6.07, 6.45) is 10.7.